The van der Waals surface area contributed by atoms with Crippen LogP contribution in [-0.2, 0) is 4.79 Å². The van der Waals surface area contributed by atoms with Gasteiger partial charge in [-0.15, -0.1) is 0 Å². The fourth-order valence-corrected chi connectivity index (χ4v) is 2.05. The fourth-order valence-electron chi connectivity index (χ4n) is 2.05. The number of hydrogen-bond acceptors (Lipinski definition) is 1. The average molecular weight is 209 g/mol. The third-order valence-corrected chi connectivity index (χ3v) is 2.93. The maximum atomic E-state index is 10.6. The lowest BCUT2D eigenvalue weighted by Crippen LogP contribution is -2.20. The summed E-state index contributed by atoms with van der Waals surface area (Å²) in [5.41, 5.74) is 1.67. The molecule has 15 heavy (non-hydrogen) atoms. The summed E-state index contributed by atoms with van der Waals surface area (Å²) in [5, 5.41) is 2.82. The molecule has 86 valence electrons. The molecule has 1 aliphatic carbocycles. The predicted molar refractivity (Wildman–Crippen MR) is 63.7 cm³/mol. The van der Waals surface area contributed by atoms with E-state index in [1.807, 2.05) is 0 Å². The number of nitrogens with one attached hydrogen (secondary N) is 1. The van der Waals surface area contributed by atoms with E-state index in [9.17, 15) is 4.79 Å². The van der Waals surface area contributed by atoms with Crippen molar-refractivity contribution in [2.45, 2.75) is 58.3 Å². The molecule has 1 fully saturated rings. The van der Waals surface area contributed by atoms with Gasteiger partial charge in [0.1, 0.15) is 0 Å². The number of rotatable bonds is 5. The molecule has 1 rings (SSSR count). The monoisotopic (exact) mass is 209 g/mol. The highest BCUT2D eigenvalue weighted by Gasteiger charge is 2.03. The Morgan fingerprint density at radius 3 is 2.67 bits per heavy atom. The SMILES string of the molecule is CC(=O)NCCCCC=C1CCCCC1. The molecule has 0 spiro atoms. The minimum Gasteiger partial charge on any atom is -0.356 e. The molecule has 2 heteroatoms. The molecule has 0 radical (unpaired) electrons. The van der Waals surface area contributed by atoms with Gasteiger partial charge in [0, 0.05) is 13.5 Å². The lowest BCUT2D eigenvalue weighted by molar-refractivity contribution is -0.118. The molecule has 0 unspecified atom stereocenters. The molecule has 0 saturated heterocycles. The summed E-state index contributed by atoms with van der Waals surface area (Å²) in [6.07, 6.45) is 12.8. The van der Waals surface area contributed by atoms with E-state index in [2.05, 4.69) is 11.4 Å². The zero-order valence-corrected chi connectivity index (χ0v) is 9.85. The van der Waals surface area contributed by atoms with E-state index in [-0.39, 0.29) is 5.91 Å². The number of carbonyl (C=O) groups is 1. The molecule has 1 amide bonds. The first-order chi connectivity index (χ1) is 7.29. The first-order valence-electron chi connectivity index (χ1n) is 6.21. The van der Waals surface area contributed by atoms with Crippen LogP contribution in [0.3, 0.4) is 0 Å². The molecular weight excluding hydrogens is 186 g/mol. The van der Waals surface area contributed by atoms with Crippen molar-refractivity contribution in [3.05, 3.63) is 11.6 Å². The summed E-state index contributed by atoms with van der Waals surface area (Å²) >= 11 is 0. The molecule has 1 N–H and O–H groups in total. The van der Waals surface area contributed by atoms with Crippen molar-refractivity contribution in [2.24, 2.45) is 0 Å². The number of hydrogen-bond donors (Lipinski definition) is 1. The average Bonchev–Trinajstić information content (AvgIpc) is 2.24. The van der Waals surface area contributed by atoms with Crippen molar-refractivity contribution in [1.82, 2.24) is 5.32 Å². The zero-order valence-electron chi connectivity index (χ0n) is 9.85. The van der Waals surface area contributed by atoms with Gasteiger partial charge in [-0.25, -0.2) is 0 Å². The minimum absolute atomic E-state index is 0.0839. The maximum absolute atomic E-state index is 10.6. The number of carbonyl (C=O) groups excluding carboxylic acids is 1. The van der Waals surface area contributed by atoms with Crippen molar-refractivity contribution < 1.29 is 4.79 Å². The van der Waals surface area contributed by atoms with Crippen molar-refractivity contribution in [3.8, 4) is 0 Å². The van der Waals surface area contributed by atoms with Crippen molar-refractivity contribution in [2.75, 3.05) is 6.54 Å². The lowest BCUT2D eigenvalue weighted by Gasteiger charge is -2.13. The zero-order chi connectivity index (χ0) is 10.9. The van der Waals surface area contributed by atoms with Crippen LogP contribution in [0.1, 0.15) is 58.3 Å². The van der Waals surface area contributed by atoms with Crippen LogP contribution in [0, 0.1) is 0 Å². The van der Waals surface area contributed by atoms with Gasteiger partial charge in [-0.05, 0) is 44.9 Å². The molecule has 1 saturated carbocycles. The van der Waals surface area contributed by atoms with E-state index in [1.54, 1.807) is 12.5 Å². The van der Waals surface area contributed by atoms with E-state index in [1.165, 1.54) is 44.9 Å². The third-order valence-electron chi connectivity index (χ3n) is 2.93. The largest absolute Gasteiger partial charge is 0.356 e. The van der Waals surface area contributed by atoms with Crippen molar-refractivity contribution >= 4 is 5.91 Å². The normalized spacial score (nSPS) is 16.2. The summed E-state index contributed by atoms with van der Waals surface area (Å²) in [7, 11) is 0. The molecule has 2 nitrogen and oxygen atoms in total. The maximum Gasteiger partial charge on any atom is 0.216 e. The second-order valence-electron chi connectivity index (χ2n) is 4.40. The molecule has 0 aromatic carbocycles. The van der Waals surface area contributed by atoms with Gasteiger partial charge in [-0.3, -0.25) is 4.79 Å². The van der Waals surface area contributed by atoms with Crippen LogP contribution in [-0.4, -0.2) is 12.5 Å². The fraction of sp³-hybridized carbons (Fsp3) is 0.769. The Hall–Kier alpha value is -0.790. The van der Waals surface area contributed by atoms with Crippen LogP contribution >= 0.6 is 0 Å². The molecule has 0 aromatic heterocycles. The van der Waals surface area contributed by atoms with Gasteiger partial charge in [-0.1, -0.05) is 18.1 Å². The highest BCUT2D eigenvalue weighted by molar-refractivity contribution is 5.72. The van der Waals surface area contributed by atoms with Gasteiger partial charge in [0.15, 0.2) is 0 Å². The van der Waals surface area contributed by atoms with Crippen LogP contribution in [0.25, 0.3) is 0 Å². The van der Waals surface area contributed by atoms with Gasteiger partial charge in [0.25, 0.3) is 0 Å². The van der Waals surface area contributed by atoms with E-state index >= 15 is 0 Å². The number of unbranched alkanes of at least 4 members (excludes halogenated alkanes) is 2. The Bertz CT molecular complexity index is 213. The van der Waals surface area contributed by atoms with Crippen LogP contribution < -0.4 is 5.32 Å². The molecule has 0 heterocycles. The van der Waals surface area contributed by atoms with Crippen LogP contribution in [0.15, 0.2) is 11.6 Å². The van der Waals surface area contributed by atoms with Crippen LogP contribution in [0.5, 0.6) is 0 Å². The van der Waals surface area contributed by atoms with Gasteiger partial charge >= 0.3 is 0 Å². The molecule has 1 aliphatic rings. The predicted octanol–water partition coefficient (Wildman–Crippen LogP) is 3.18. The second kappa shape index (κ2) is 7.49. The van der Waals surface area contributed by atoms with Gasteiger partial charge in [-0.2, -0.15) is 0 Å². The highest BCUT2D eigenvalue weighted by atomic mass is 16.1. The van der Waals surface area contributed by atoms with E-state index in [0.717, 1.165) is 13.0 Å². The Morgan fingerprint density at radius 1 is 1.27 bits per heavy atom. The first kappa shape index (κ1) is 12.3. The summed E-state index contributed by atoms with van der Waals surface area (Å²) in [5.74, 6) is 0.0839. The Balaban J connectivity index is 1.97. The van der Waals surface area contributed by atoms with Gasteiger partial charge < -0.3 is 5.32 Å². The number of amides is 1. The summed E-state index contributed by atoms with van der Waals surface area (Å²) in [6.45, 7) is 2.41. The molecule has 0 atom stereocenters. The van der Waals surface area contributed by atoms with E-state index in [4.69, 9.17) is 0 Å². The lowest BCUT2D eigenvalue weighted by atomic mass is 9.94. The third kappa shape index (κ3) is 6.32. The number of allylic oxidation sites excluding steroid dienone is 2. The van der Waals surface area contributed by atoms with Gasteiger partial charge in [0.2, 0.25) is 5.91 Å². The molecular formula is C13H23NO. The summed E-state index contributed by atoms with van der Waals surface area (Å²) in [4.78, 5) is 10.6. The Kier molecular flexibility index (Phi) is 6.14. The van der Waals surface area contributed by atoms with E-state index in [0.29, 0.717) is 0 Å². The van der Waals surface area contributed by atoms with Gasteiger partial charge in [0.05, 0.1) is 0 Å². The Labute approximate surface area is 93.1 Å². The quantitative estimate of drug-likeness (QED) is 0.547. The topological polar surface area (TPSA) is 29.1 Å². The summed E-state index contributed by atoms with van der Waals surface area (Å²) < 4.78 is 0. The second-order valence-corrected chi connectivity index (χ2v) is 4.40. The Morgan fingerprint density at radius 2 is 2.00 bits per heavy atom. The van der Waals surface area contributed by atoms with Crippen molar-refractivity contribution in [1.29, 1.82) is 0 Å². The molecule has 0 aliphatic heterocycles. The van der Waals surface area contributed by atoms with Crippen LogP contribution in [0.4, 0.5) is 0 Å². The highest BCUT2D eigenvalue weighted by Crippen LogP contribution is 2.23. The first-order valence-corrected chi connectivity index (χ1v) is 6.21. The summed E-state index contributed by atoms with van der Waals surface area (Å²) in [6, 6.07) is 0. The molecule has 0 aromatic rings. The minimum atomic E-state index is 0.0839. The smallest absolute Gasteiger partial charge is 0.216 e. The van der Waals surface area contributed by atoms with E-state index < -0.39 is 0 Å². The van der Waals surface area contributed by atoms with Crippen molar-refractivity contribution in [3.63, 3.8) is 0 Å². The molecule has 0 bridgehead atoms. The standard InChI is InChI=1S/C13H23NO/c1-12(15)14-11-7-3-6-10-13-8-4-2-5-9-13/h10H,2-9,11H2,1H3,(H,14,15). The van der Waals surface area contributed by atoms with Crippen LogP contribution in [0.2, 0.25) is 0 Å².